The van der Waals surface area contributed by atoms with Gasteiger partial charge in [0.1, 0.15) is 5.82 Å². The van der Waals surface area contributed by atoms with Crippen LogP contribution >= 0.6 is 0 Å². The second-order valence-corrected chi connectivity index (χ2v) is 5.09. The molecule has 0 amide bonds. The molecule has 0 radical (unpaired) electrons. The van der Waals surface area contributed by atoms with Crippen LogP contribution in [0.4, 0.5) is 5.82 Å². The molecule has 4 heteroatoms. The highest BCUT2D eigenvalue weighted by Crippen LogP contribution is 2.26. The number of nitrogens with zero attached hydrogens (tertiary/aromatic N) is 2. The summed E-state index contributed by atoms with van der Waals surface area (Å²) in [7, 11) is 1.98. The first kappa shape index (κ1) is 13.3. The molecule has 0 saturated carbocycles. The maximum atomic E-state index is 5.78. The van der Waals surface area contributed by atoms with Gasteiger partial charge < -0.3 is 15.0 Å². The van der Waals surface area contributed by atoms with Gasteiger partial charge in [0.2, 0.25) is 0 Å². The number of hydrogen-bond donors (Lipinski definition) is 1. The van der Waals surface area contributed by atoms with Gasteiger partial charge >= 0.3 is 0 Å². The Morgan fingerprint density at radius 2 is 2.06 bits per heavy atom. The fourth-order valence-electron chi connectivity index (χ4n) is 2.52. The van der Waals surface area contributed by atoms with Crippen LogP contribution in [-0.4, -0.2) is 37.3 Å². The fraction of sp³-hybridized carbons (Fsp3) is 0.643. The first-order valence-electron chi connectivity index (χ1n) is 6.64. The molecule has 4 nitrogen and oxygen atoms in total. The third-order valence-electron chi connectivity index (χ3n) is 3.44. The van der Waals surface area contributed by atoms with Crippen molar-refractivity contribution in [2.75, 3.05) is 25.0 Å². The molecular formula is C14H23N3O. The zero-order valence-corrected chi connectivity index (χ0v) is 11.7. The third kappa shape index (κ3) is 2.82. The summed E-state index contributed by atoms with van der Waals surface area (Å²) in [4.78, 5) is 6.91. The van der Waals surface area contributed by atoms with Gasteiger partial charge in [-0.05, 0) is 33.9 Å². The lowest BCUT2D eigenvalue weighted by Gasteiger charge is -2.37. The van der Waals surface area contributed by atoms with Gasteiger partial charge in [-0.1, -0.05) is 6.07 Å². The van der Waals surface area contributed by atoms with E-state index in [9.17, 15) is 0 Å². The Labute approximate surface area is 109 Å². The molecule has 1 aliphatic rings. The van der Waals surface area contributed by atoms with Crippen LogP contribution in [0.25, 0.3) is 0 Å². The summed E-state index contributed by atoms with van der Waals surface area (Å²) in [5.74, 6) is 1.08. The molecule has 0 spiro atoms. The van der Waals surface area contributed by atoms with E-state index in [1.54, 1.807) is 0 Å². The third-order valence-corrected chi connectivity index (χ3v) is 3.44. The van der Waals surface area contributed by atoms with Gasteiger partial charge in [0.05, 0.1) is 12.2 Å². The molecule has 18 heavy (non-hydrogen) atoms. The highest BCUT2D eigenvalue weighted by molar-refractivity contribution is 5.48. The van der Waals surface area contributed by atoms with E-state index in [2.05, 4.69) is 42.0 Å². The number of nitrogens with one attached hydrogen (secondary N) is 1. The summed E-state index contributed by atoms with van der Waals surface area (Å²) in [5.41, 5.74) is 1.25. The van der Waals surface area contributed by atoms with Crippen LogP contribution in [0.1, 0.15) is 32.4 Å². The number of morpholine rings is 1. The van der Waals surface area contributed by atoms with Gasteiger partial charge in [-0.2, -0.15) is 0 Å². The Hall–Kier alpha value is -1.13. The largest absolute Gasteiger partial charge is 0.372 e. The lowest BCUT2D eigenvalue weighted by Crippen LogP contribution is -2.46. The molecule has 100 valence electrons. The van der Waals surface area contributed by atoms with Crippen molar-refractivity contribution in [3.8, 4) is 0 Å². The minimum Gasteiger partial charge on any atom is -0.372 e. The molecule has 3 atom stereocenters. The van der Waals surface area contributed by atoms with Crippen LogP contribution in [0.15, 0.2) is 18.3 Å². The second-order valence-electron chi connectivity index (χ2n) is 5.09. The quantitative estimate of drug-likeness (QED) is 0.889. The van der Waals surface area contributed by atoms with E-state index < -0.39 is 0 Å². The zero-order valence-electron chi connectivity index (χ0n) is 11.7. The zero-order chi connectivity index (χ0) is 13.1. The summed E-state index contributed by atoms with van der Waals surface area (Å²) < 4.78 is 5.78. The Balaban J connectivity index is 2.26. The van der Waals surface area contributed by atoms with Crippen molar-refractivity contribution < 1.29 is 4.74 Å². The van der Waals surface area contributed by atoms with Crippen molar-refractivity contribution in [2.24, 2.45) is 0 Å². The number of ether oxygens (including phenoxy) is 1. The van der Waals surface area contributed by atoms with Crippen LogP contribution < -0.4 is 10.2 Å². The van der Waals surface area contributed by atoms with E-state index in [-0.39, 0.29) is 12.2 Å². The molecule has 2 rings (SSSR count). The summed E-state index contributed by atoms with van der Waals surface area (Å²) in [6.45, 7) is 8.21. The number of pyridine rings is 1. The molecule has 1 aliphatic heterocycles. The smallest absolute Gasteiger partial charge is 0.133 e. The standard InChI is InChI=1S/C14H23N3O/c1-10-8-17(9-11(2)18-10)14-13(12(3)15-4)6-5-7-16-14/h5-7,10-12,15H,8-9H2,1-4H3. The maximum Gasteiger partial charge on any atom is 0.133 e. The number of anilines is 1. The lowest BCUT2D eigenvalue weighted by molar-refractivity contribution is -0.00552. The minimum absolute atomic E-state index is 0.258. The molecular weight excluding hydrogens is 226 g/mol. The van der Waals surface area contributed by atoms with Crippen LogP contribution in [0.3, 0.4) is 0 Å². The van der Waals surface area contributed by atoms with E-state index in [0.29, 0.717) is 6.04 Å². The Morgan fingerprint density at radius 1 is 1.39 bits per heavy atom. The average Bonchev–Trinajstić information content (AvgIpc) is 2.36. The number of rotatable bonds is 3. The van der Waals surface area contributed by atoms with E-state index in [4.69, 9.17) is 4.74 Å². The van der Waals surface area contributed by atoms with E-state index >= 15 is 0 Å². The van der Waals surface area contributed by atoms with Gasteiger partial charge in [-0.25, -0.2) is 4.98 Å². The van der Waals surface area contributed by atoms with Crippen LogP contribution in [0, 0.1) is 0 Å². The van der Waals surface area contributed by atoms with Gasteiger partial charge in [0.15, 0.2) is 0 Å². The molecule has 1 aromatic heterocycles. The molecule has 1 aromatic rings. The minimum atomic E-state index is 0.258. The Kier molecular flexibility index (Phi) is 4.19. The molecule has 0 aromatic carbocycles. The molecule has 1 fully saturated rings. The summed E-state index contributed by atoms with van der Waals surface area (Å²) in [6.07, 6.45) is 2.38. The number of aromatic nitrogens is 1. The van der Waals surface area contributed by atoms with Gasteiger partial charge in [-0.3, -0.25) is 0 Å². The van der Waals surface area contributed by atoms with E-state index in [1.165, 1.54) is 5.56 Å². The highest BCUT2D eigenvalue weighted by Gasteiger charge is 2.25. The van der Waals surface area contributed by atoms with Crippen molar-refractivity contribution >= 4 is 5.82 Å². The molecule has 3 unspecified atom stereocenters. The molecule has 0 aliphatic carbocycles. The number of hydrogen-bond acceptors (Lipinski definition) is 4. The predicted octanol–water partition coefficient (Wildman–Crippen LogP) is 1.98. The van der Waals surface area contributed by atoms with E-state index in [1.807, 2.05) is 19.3 Å². The van der Waals surface area contributed by atoms with Gasteiger partial charge in [-0.15, -0.1) is 0 Å². The maximum absolute atomic E-state index is 5.78. The van der Waals surface area contributed by atoms with Crippen molar-refractivity contribution in [1.82, 2.24) is 10.3 Å². The lowest BCUT2D eigenvalue weighted by atomic mass is 10.1. The summed E-state index contributed by atoms with van der Waals surface area (Å²) in [5, 5.41) is 3.29. The average molecular weight is 249 g/mol. The van der Waals surface area contributed by atoms with Crippen molar-refractivity contribution in [1.29, 1.82) is 0 Å². The molecule has 1 saturated heterocycles. The van der Waals surface area contributed by atoms with Crippen LogP contribution in [0.2, 0.25) is 0 Å². The second kappa shape index (κ2) is 5.67. The normalized spacial score (nSPS) is 26.1. The molecule has 1 N–H and O–H groups in total. The SMILES string of the molecule is CNC(C)c1cccnc1N1CC(C)OC(C)C1. The monoisotopic (exact) mass is 249 g/mol. The van der Waals surface area contributed by atoms with Crippen molar-refractivity contribution in [2.45, 2.75) is 39.0 Å². The van der Waals surface area contributed by atoms with Crippen molar-refractivity contribution in [3.63, 3.8) is 0 Å². The van der Waals surface area contributed by atoms with Crippen molar-refractivity contribution in [3.05, 3.63) is 23.9 Å². The Morgan fingerprint density at radius 3 is 2.67 bits per heavy atom. The van der Waals surface area contributed by atoms with Gasteiger partial charge in [0, 0.05) is 30.9 Å². The molecule has 2 heterocycles. The fourth-order valence-corrected chi connectivity index (χ4v) is 2.52. The predicted molar refractivity (Wildman–Crippen MR) is 73.9 cm³/mol. The highest BCUT2D eigenvalue weighted by atomic mass is 16.5. The van der Waals surface area contributed by atoms with E-state index in [0.717, 1.165) is 18.9 Å². The Bertz CT molecular complexity index is 386. The summed E-state index contributed by atoms with van der Waals surface area (Å²) in [6, 6.07) is 4.45. The van der Waals surface area contributed by atoms with Crippen LogP contribution in [0.5, 0.6) is 0 Å². The topological polar surface area (TPSA) is 37.4 Å². The van der Waals surface area contributed by atoms with Gasteiger partial charge in [0.25, 0.3) is 0 Å². The first-order valence-corrected chi connectivity index (χ1v) is 6.64. The molecule has 0 bridgehead atoms. The first-order chi connectivity index (χ1) is 8.61. The van der Waals surface area contributed by atoms with Crippen LogP contribution in [-0.2, 0) is 4.74 Å². The summed E-state index contributed by atoms with van der Waals surface area (Å²) >= 11 is 0.